The van der Waals surface area contributed by atoms with Crippen LogP contribution in [0, 0.1) is 16.7 Å². The fourth-order valence-electron chi connectivity index (χ4n) is 2.07. The second kappa shape index (κ2) is 4.62. The Bertz CT molecular complexity index is 634. The molecule has 0 radical (unpaired) electrons. The largest absolute Gasteiger partial charge is 0.298 e. The molecule has 0 saturated heterocycles. The first kappa shape index (κ1) is 12.3. The van der Waals surface area contributed by atoms with Crippen molar-refractivity contribution in [3.05, 3.63) is 48.0 Å². The van der Waals surface area contributed by atoms with Gasteiger partial charge in [0, 0.05) is 0 Å². The van der Waals surface area contributed by atoms with Crippen molar-refractivity contribution in [1.29, 1.82) is 5.26 Å². The van der Waals surface area contributed by atoms with Crippen molar-refractivity contribution < 1.29 is 4.79 Å². The first-order valence-corrected chi connectivity index (χ1v) is 5.96. The van der Waals surface area contributed by atoms with Crippen molar-refractivity contribution >= 4 is 16.6 Å². The highest BCUT2D eigenvalue weighted by Crippen LogP contribution is 2.27. The third kappa shape index (κ3) is 2.12. The number of hydrogen-bond acceptors (Lipinski definition) is 2. The van der Waals surface area contributed by atoms with Crippen LogP contribution in [0.4, 0.5) is 0 Å². The topological polar surface area (TPSA) is 40.9 Å². The zero-order valence-electron chi connectivity index (χ0n) is 10.6. The normalized spacial score (nSPS) is 13.8. The number of ketones is 1. The Hall–Kier alpha value is -2.14. The van der Waals surface area contributed by atoms with Gasteiger partial charge in [-0.1, -0.05) is 42.5 Å². The maximum atomic E-state index is 11.6. The Kier molecular flexibility index (Phi) is 3.16. The van der Waals surface area contributed by atoms with Gasteiger partial charge in [0.15, 0.2) is 0 Å². The summed E-state index contributed by atoms with van der Waals surface area (Å²) >= 11 is 0. The van der Waals surface area contributed by atoms with Crippen LogP contribution >= 0.6 is 0 Å². The molecule has 0 aromatic heterocycles. The van der Waals surface area contributed by atoms with Crippen LogP contribution in [-0.4, -0.2) is 5.78 Å². The number of fused-ring (bicyclic) bond motifs is 1. The molecule has 0 amide bonds. The van der Waals surface area contributed by atoms with Gasteiger partial charge in [-0.15, -0.1) is 0 Å². The van der Waals surface area contributed by atoms with Gasteiger partial charge in [-0.25, -0.2) is 0 Å². The maximum absolute atomic E-state index is 11.6. The minimum absolute atomic E-state index is 0.0852. The quantitative estimate of drug-likeness (QED) is 0.819. The van der Waals surface area contributed by atoms with Crippen LogP contribution in [0.2, 0.25) is 0 Å². The van der Waals surface area contributed by atoms with Crippen molar-refractivity contribution in [2.45, 2.75) is 20.3 Å². The maximum Gasteiger partial charge on any atom is 0.150 e. The Balaban J connectivity index is 2.50. The number of nitrogens with zero attached hydrogens (tertiary/aromatic N) is 1. The summed E-state index contributed by atoms with van der Waals surface area (Å²) < 4.78 is 0. The van der Waals surface area contributed by atoms with E-state index in [1.54, 1.807) is 6.92 Å². The van der Waals surface area contributed by atoms with E-state index in [1.165, 1.54) is 6.92 Å². The number of carbonyl (C=O) groups is 1. The summed E-state index contributed by atoms with van der Waals surface area (Å²) in [6.07, 6.45) is 0.459. The van der Waals surface area contributed by atoms with Crippen molar-refractivity contribution in [2.24, 2.45) is 5.41 Å². The van der Waals surface area contributed by atoms with Crippen molar-refractivity contribution in [3.8, 4) is 6.07 Å². The van der Waals surface area contributed by atoms with Gasteiger partial charge in [0.2, 0.25) is 0 Å². The molecule has 2 aromatic carbocycles. The lowest BCUT2D eigenvalue weighted by Crippen LogP contribution is -2.26. The van der Waals surface area contributed by atoms with E-state index in [2.05, 4.69) is 6.07 Å². The van der Waals surface area contributed by atoms with Gasteiger partial charge >= 0.3 is 0 Å². The van der Waals surface area contributed by atoms with Crippen molar-refractivity contribution in [2.75, 3.05) is 0 Å². The monoisotopic (exact) mass is 237 g/mol. The van der Waals surface area contributed by atoms with E-state index >= 15 is 0 Å². The summed E-state index contributed by atoms with van der Waals surface area (Å²) in [6.45, 7) is 3.19. The summed E-state index contributed by atoms with van der Waals surface area (Å²) in [6, 6.07) is 16.2. The number of carbonyl (C=O) groups excluding carboxylic acids is 1. The lowest BCUT2D eigenvalue weighted by molar-refractivity contribution is -0.123. The molecule has 0 fully saturated rings. The molecule has 0 spiro atoms. The summed E-state index contributed by atoms with van der Waals surface area (Å²) in [5, 5.41) is 11.5. The Labute approximate surface area is 107 Å². The van der Waals surface area contributed by atoms with Gasteiger partial charge in [0.05, 0.1) is 6.07 Å². The molecule has 2 heteroatoms. The molecule has 1 unspecified atom stereocenters. The zero-order chi connectivity index (χ0) is 13.2. The Morgan fingerprint density at radius 1 is 1.22 bits per heavy atom. The molecule has 90 valence electrons. The van der Waals surface area contributed by atoms with Crippen LogP contribution < -0.4 is 0 Å². The Morgan fingerprint density at radius 2 is 1.89 bits per heavy atom. The first-order valence-electron chi connectivity index (χ1n) is 5.96. The molecular formula is C16H15NO. The van der Waals surface area contributed by atoms with Crippen LogP contribution in [0.3, 0.4) is 0 Å². The number of Topliss-reactive ketones (excluding diaryl/α,β-unsaturated/α-hetero) is 1. The fourth-order valence-corrected chi connectivity index (χ4v) is 2.07. The fraction of sp³-hybridized carbons (Fsp3) is 0.250. The van der Waals surface area contributed by atoms with E-state index in [1.807, 2.05) is 42.5 Å². The second-order valence-corrected chi connectivity index (χ2v) is 4.82. The molecule has 0 saturated carbocycles. The average Bonchev–Trinajstić information content (AvgIpc) is 2.39. The molecule has 0 N–H and O–H groups in total. The number of hydrogen-bond donors (Lipinski definition) is 0. The minimum Gasteiger partial charge on any atom is -0.298 e. The highest BCUT2D eigenvalue weighted by Gasteiger charge is 2.30. The lowest BCUT2D eigenvalue weighted by atomic mass is 9.80. The van der Waals surface area contributed by atoms with Crippen molar-refractivity contribution in [1.82, 2.24) is 0 Å². The molecule has 1 atom stereocenters. The smallest absolute Gasteiger partial charge is 0.150 e. The molecule has 0 heterocycles. The van der Waals surface area contributed by atoms with Gasteiger partial charge in [0.25, 0.3) is 0 Å². The lowest BCUT2D eigenvalue weighted by Gasteiger charge is -2.19. The first-order chi connectivity index (χ1) is 8.57. The van der Waals surface area contributed by atoms with E-state index < -0.39 is 5.41 Å². The van der Waals surface area contributed by atoms with Gasteiger partial charge in [0.1, 0.15) is 11.2 Å². The molecule has 2 nitrogen and oxygen atoms in total. The van der Waals surface area contributed by atoms with Crippen LogP contribution in [0.1, 0.15) is 19.4 Å². The average molecular weight is 237 g/mol. The standard InChI is InChI=1S/C16H15NO/c1-12(18)16(2,11-17)10-14-8-5-7-13-6-3-4-9-15(13)14/h3-9H,10H2,1-2H3. The highest BCUT2D eigenvalue weighted by atomic mass is 16.1. The summed E-state index contributed by atoms with van der Waals surface area (Å²) in [5.74, 6) is -0.0852. The molecule has 18 heavy (non-hydrogen) atoms. The van der Waals surface area contributed by atoms with E-state index in [9.17, 15) is 10.1 Å². The van der Waals surface area contributed by atoms with E-state index in [-0.39, 0.29) is 5.78 Å². The molecule has 0 aliphatic carbocycles. The second-order valence-electron chi connectivity index (χ2n) is 4.82. The van der Waals surface area contributed by atoms with E-state index in [0.717, 1.165) is 16.3 Å². The SMILES string of the molecule is CC(=O)C(C)(C#N)Cc1cccc2ccccc12. The molecule has 2 rings (SSSR count). The van der Waals surface area contributed by atoms with Crippen LogP contribution in [-0.2, 0) is 11.2 Å². The van der Waals surface area contributed by atoms with Gasteiger partial charge in [-0.05, 0) is 36.6 Å². The number of nitriles is 1. The summed E-state index contributed by atoms with van der Waals surface area (Å²) in [7, 11) is 0. The highest BCUT2D eigenvalue weighted by molar-refractivity contribution is 5.88. The zero-order valence-corrected chi connectivity index (χ0v) is 10.6. The van der Waals surface area contributed by atoms with E-state index in [0.29, 0.717) is 6.42 Å². The van der Waals surface area contributed by atoms with Crippen LogP contribution in [0.25, 0.3) is 10.8 Å². The van der Waals surface area contributed by atoms with Crippen LogP contribution in [0.15, 0.2) is 42.5 Å². The Morgan fingerprint density at radius 3 is 2.56 bits per heavy atom. The molecule has 0 aliphatic rings. The van der Waals surface area contributed by atoms with Crippen LogP contribution in [0.5, 0.6) is 0 Å². The molecule has 2 aromatic rings. The van der Waals surface area contributed by atoms with Gasteiger partial charge < -0.3 is 0 Å². The number of benzene rings is 2. The molecule has 0 aliphatic heterocycles. The van der Waals surface area contributed by atoms with Gasteiger partial charge in [-0.2, -0.15) is 5.26 Å². The number of rotatable bonds is 3. The summed E-state index contributed by atoms with van der Waals surface area (Å²) in [5.41, 5.74) is 0.108. The minimum atomic E-state index is -0.940. The third-order valence-electron chi connectivity index (χ3n) is 3.45. The predicted octanol–water partition coefficient (Wildman–Crippen LogP) is 3.50. The third-order valence-corrected chi connectivity index (χ3v) is 3.45. The summed E-state index contributed by atoms with van der Waals surface area (Å²) in [4.78, 5) is 11.6. The molecular weight excluding hydrogens is 222 g/mol. The van der Waals surface area contributed by atoms with Gasteiger partial charge in [-0.3, -0.25) is 4.79 Å². The molecule has 0 bridgehead atoms. The predicted molar refractivity (Wildman–Crippen MR) is 72.1 cm³/mol. The van der Waals surface area contributed by atoms with Crippen molar-refractivity contribution in [3.63, 3.8) is 0 Å². The van der Waals surface area contributed by atoms with E-state index in [4.69, 9.17) is 0 Å².